The minimum Gasteiger partial charge on any atom is -0.454 e. The maximum atomic E-state index is 6.76. The molecule has 0 atom stereocenters. The van der Waals surface area contributed by atoms with E-state index in [0.717, 1.165) is 39.0 Å². The number of furan rings is 1. The first-order valence-electron chi connectivity index (χ1n) is 18.5. The Morgan fingerprint density at radius 1 is 0.315 bits per heavy atom. The van der Waals surface area contributed by atoms with Gasteiger partial charge >= 0.3 is 0 Å². The molecule has 0 spiro atoms. The number of nitrogens with zero attached hydrogens (tertiary/aromatic N) is 1. The van der Waals surface area contributed by atoms with Gasteiger partial charge in [-0.2, -0.15) is 0 Å². The van der Waals surface area contributed by atoms with Gasteiger partial charge in [0.1, 0.15) is 5.58 Å². The zero-order chi connectivity index (χ0) is 35.6. The largest absolute Gasteiger partial charge is 0.454 e. The average molecular weight is 688 g/mol. The number of fused-ring (bicyclic) bond motifs is 10. The van der Waals surface area contributed by atoms with E-state index in [9.17, 15) is 0 Å². The molecule has 0 saturated carbocycles. The summed E-state index contributed by atoms with van der Waals surface area (Å²) in [7, 11) is 0. The Hall–Kier alpha value is -7.16. The maximum absolute atomic E-state index is 6.76. The zero-order valence-corrected chi connectivity index (χ0v) is 29.4. The minimum atomic E-state index is 0.870. The highest BCUT2D eigenvalue weighted by atomic mass is 16.3. The summed E-state index contributed by atoms with van der Waals surface area (Å²) in [5.74, 6) is 0. The van der Waals surface area contributed by atoms with Gasteiger partial charge < -0.3 is 9.32 Å². The molecule has 252 valence electrons. The van der Waals surface area contributed by atoms with E-state index < -0.39 is 0 Å². The predicted molar refractivity (Wildman–Crippen MR) is 229 cm³/mol. The van der Waals surface area contributed by atoms with Crippen LogP contribution in [0.2, 0.25) is 0 Å². The third-order valence-corrected chi connectivity index (χ3v) is 11.0. The van der Waals surface area contributed by atoms with Gasteiger partial charge in [-0.1, -0.05) is 158 Å². The van der Waals surface area contributed by atoms with Crippen LogP contribution >= 0.6 is 0 Å². The molecule has 0 N–H and O–H groups in total. The lowest BCUT2D eigenvalue weighted by molar-refractivity contribution is 0.669. The maximum Gasteiger partial charge on any atom is 0.159 e. The zero-order valence-electron chi connectivity index (χ0n) is 29.4. The van der Waals surface area contributed by atoms with Crippen molar-refractivity contribution in [3.05, 3.63) is 200 Å². The average Bonchev–Trinajstić information content (AvgIpc) is 3.64. The second-order valence-corrected chi connectivity index (χ2v) is 14.1. The standard InChI is InChI=1S/C52H33NO/c1-2-9-34(10-3-1)35-21-27-42(28-22-35)53(48-16-8-15-47-51-45-14-7-5-12-38(45)26-32-49(51)54-52(47)48)43-29-23-36(24-30-43)40-25-31-46-41(33-40)20-19-39-18-17-37-11-4-6-13-44(37)50(39)46/h1-33H. The fraction of sp³-hybridized carbons (Fsp3) is 0. The van der Waals surface area contributed by atoms with Gasteiger partial charge in [0.25, 0.3) is 0 Å². The number of para-hydroxylation sites is 1. The number of hydrogen-bond acceptors (Lipinski definition) is 2. The summed E-state index contributed by atoms with van der Waals surface area (Å²) in [5.41, 5.74) is 9.62. The second kappa shape index (κ2) is 12.2. The van der Waals surface area contributed by atoms with E-state index in [-0.39, 0.29) is 0 Å². The Balaban J connectivity index is 1.05. The van der Waals surface area contributed by atoms with E-state index in [4.69, 9.17) is 4.42 Å². The van der Waals surface area contributed by atoms with Gasteiger partial charge in [0.05, 0.1) is 5.69 Å². The van der Waals surface area contributed by atoms with Crippen LogP contribution in [0.25, 0.3) is 87.3 Å². The van der Waals surface area contributed by atoms with E-state index in [1.807, 2.05) is 0 Å². The van der Waals surface area contributed by atoms with E-state index >= 15 is 0 Å². The quantitative estimate of drug-likeness (QED) is 0.168. The van der Waals surface area contributed by atoms with Crippen molar-refractivity contribution in [2.75, 3.05) is 4.90 Å². The van der Waals surface area contributed by atoms with Crippen LogP contribution < -0.4 is 4.90 Å². The molecule has 2 heteroatoms. The number of benzene rings is 10. The first-order chi connectivity index (χ1) is 26.8. The summed E-state index contributed by atoms with van der Waals surface area (Å²) < 4.78 is 6.76. The lowest BCUT2D eigenvalue weighted by Gasteiger charge is -2.26. The molecule has 0 radical (unpaired) electrons. The first kappa shape index (κ1) is 30.5. The van der Waals surface area contributed by atoms with Crippen molar-refractivity contribution in [1.29, 1.82) is 0 Å². The van der Waals surface area contributed by atoms with Gasteiger partial charge in [-0.25, -0.2) is 0 Å². The summed E-state index contributed by atoms with van der Waals surface area (Å²) in [6.07, 6.45) is 0. The highest BCUT2D eigenvalue weighted by Gasteiger charge is 2.20. The van der Waals surface area contributed by atoms with E-state index in [2.05, 4.69) is 205 Å². The second-order valence-electron chi connectivity index (χ2n) is 14.1. The fourth-order valence-corrected chi connectivity index (χ4v) is 8.41. The molecule has 0 saturated heterocycles. The first-order valence-corrected chi connectivity index (χ1v) is 18.5. The van der Waals surface area contributed by atoms with Gasteiger partial charge in [-0.3, -0.25) is 0 Å². The van der Waals surface area contributed by atoms with Crippen LogP contribution in [0.3, 0.4) is 0 Å². The van der Waals surface area contributed by atoms with Crippen LogP contribution in [0.5, 0.6) is 0 Å². The van der Waals surface area contributed by atoms with Gasteiger partial charge in [0.2, 0.25) is 0 Å². The molecule has 10 aromatic carbocycles. The molecule has 0 unspecified atom stereocenters. The molecule has 0 amide bonds. The fourth-order valence-electron chi connectivity index (χ4n) is 8.41. The smallest absolute Gasteiger partial charge is 0.159 e. The van der Waals surface area contributed by atoms with E-state index in [0.29, 0.717) is 0 Å². The Labute approximate surface area is 312 Å². The van der Waals surface area contributed by atoms with E-state index in [1.54, 1.807) is 0 Å². The molecule has 0 aliphatic rings. The minimum absolute atomic E-state index is 0.870. The van der Waals surface area contributed by atoms with Gasteiger partial charge in [0.15, 0.2) is 5.58 Å². The van der Waals surface area contributed by atoms with Crippen molar-refractivity contribution in [3.63, 3.8) is 0 Å². The molecule has 2 nitrogen and oxygen atoms in total. The van der Waals surface area contributed by atoms with Crippen molar-refractivity contribution in [1.82, 2.24) is 0 Å². The molecule has 0 bridgehead atoms. The Bertz CT molecular complexity index is 3190. The van der Waals surface area contributed by atoms with E-state index in [1.165, 1.54) is 65.3 Å². The summed E-state index contributed by atoms with van der Waals surface area (Å²) >= 11 is 0. The van der Waals surface area contributed by atoms with Gasteiger partial charge in [0, 0.05) is 22.1 Å². The van der Waals surface area contributed by atoms with Crippen LogP contribution in [0, 0.1) is 0 Å². The summed E-state index contributed by atoms with van der Waals surface area (Å²) in [6, 6.07) is 72.1. The molecule has 0 aliphatic heterocycles. The van der Waals surface area contributed by atoms with Crippen LogP contribution in [-0.2, 0) is 0 Å². The van der Waals surface area contributed by atoms with Crippen molar-refractivity contribution in [2.24, 2.45) is 0 Å². The molecule has 54 heavy (non-hydrogen) atoms. The highest BCUT2D eigenvalue weighted by Crippen LogP contribution is 2.44. The Kier molecular flexibility index (Phi) is 6.90. The molecule has 1 heterocycles. The van der Waals surface area contributed by atoms with Crippen LogP contribution in [-0.4, -0.2) is 0 Å². The third kappa shape index (κ3) is 4.88. The number of hydrogen-bond donors (Lipinski definition) is 0. The molecule has 11 aromatic rings. The van der Waals surface area contributed by atoms with Crippen LogP contribution in [0.1, 0.15) is 0 Å². The van der Waals surface area contributed by atoms with Crippen LogP contribution in [0.4, 0.5) is 17.1 Å². The summed E-state index contributed by atoms with van der Waals surface area (Å²) in [4.78, 5) is 2.32. The Morgan fingerprint density at radius 3 is 1.56 bits per heavy atom. The molecular formula is C52H33NO. The SMILES string of the molecule is c1ccc(-c2ccc(N(c3ccc(-c4ccc5c(ccc6ccc7ccccc7c65)c4)cc3)c3cccc4c3oc3ccc5ccccc5c34)cc2)cc1. The van der Waals surface area contributed by atoms with Gasteiger partial charge in [-0.15, -0.1) is 0 Å². The van der Waals surface area contributed by atoms with Crippen molar-refractivity contribution in [3.8, 4) is 22.3 Å². The van der Waals surface area contributed by atoms with Crippen molar-refractivity contribution in [2.45, 2.75) is 0 Å². The highest BCUT2D eigenvalue weighted by molar-refractivity contribution is 6.22. The van der Waals surface area contributed by atoms with Crippen LogP contribution in [0.15, 0.2) is 205 Å². The number of anilines is 3. The lowest BCUT2D eigenvalue weighted by Crippen LogP contribution is -2.10. The van der Waals surface area contributed by atoms with Crippen molar-refractivity contribution >= 4 is 82.1 Å². The summed E-state index contributed by atoms with van der Waals surface area (Å²) in [5, 5.41) is 12.3. The predicted octanol–water partition coefficient (Wildman–Crippen LogP) is 15.0. The molecule has 0 fully saturated rings. The molecule has 11 rings (SSSR count). The third-order valence-electron chi connectivity index (χ3n) is 11.0. The molecule has 1 aromatic heterocycles. The monoisotopic (exact) mass is 687 g/mol. The summed E-state index contributed by atoms with van der Waals surface area (Å²) in [6.45, 7) is 0. The molecular weight excluding hydrogens is 655 g/mol. The molecule has 0 aliphatic carbocycles. The normalized spacial score (nSPS) is 11.7. The topological polar surface area (TPSA) is 16.4 Å². The van der Waals surface area contributed by atoms with Gasteiger partial charge in [-0.05, 0) is 108 Å². The Morgan fingerprint density at radius 2 is 0.833 bits per heavy atom. The number of rotatable bonds is 5. The van der Waals surface area contributed by atoms with Crippen molar-refractivity contribution < 1.29 is 4.42 Å². The lowest BCUT2D eigenvalue weighted by atomic mass is 9.94.